The summed E-state index contributed by atoms with van der Waals surface area (Å²) < 4.78 is 4.63. The molecule has 0 amide bonds. The van der Waals surface area contributed by atoms with Gasteiger partial charge in [0.2, 0.25) is 0 Å². The van der Waals surface area contributed by atoms with Crippen LogP contribution < -0.4 is 0 Å². The predicted molar refractivity (Wildman–Crippen MR) is 62.1 cm³/mol. The van der Waals surface area contributed by atoms with Crippen molar-refractivity contribution in [3.8, 4) is 0 Å². The Morgan fingerprint density at radius 2 is 1.75 bits per heavy atom. The van der Waals surface area contributed by atoms with Gasteiger partial charge in [-0.25, -0.2) is 0 Å². The smallest absolute Gasteiger partial charge is 0.305 e. The van der Waals surface area contributed by atoms with Crippen molar-refractivity contribution in [2.24, 2.45) is 5.41 Å². The summed E-state index contributed by atoms with van der Waals surface area (Å²) in [4.78, 5) is 22.4. The lowest BCUT2D eigenvalue weighted by Gasteiger charge is -2.29. The summed E-state index contributed by atoms with van der Waals surface area (Å²) >= 11 is 0. The van der Waals surface area contributed by atoms with Crippen LogP contribution >= 0.6 is 0 Å². The zero-order valence-corrected chi connectivity index (χ0v) is 10.2. The SMILES string of the molecule is COC(=O)CCC1(C=O)CCCCCCC1. The summed E-state index contributed by atoms with van der Waals surface area (Å²) in [6.07, 6.45) is 9.92. The van der Waals surface area contributed by atoms with E-state index >= 15 is 0 Å². The topological polar surface area (TPSA) is 43.4 Å². The zero-order valence-electron chi connectivity index (χ0n) is 10.2. The third kappa shape index (κ3) is 3.95. The van der Waals surface area contributed by atoms with E-state index < -0.39 is 0 Å². The molecular formula is C13H22O3. The number of aldehydes is 1. The van der Waals surface area contributed by atoms with Crippen molar-refractivity contribution in [1.82, 2.24) is 0 Å². The van der Waals surface area contributed by atoms with Crippen molar-refractivity contribution in [2.75, 3.05) is 7.11 Å². The Bertz CT molecular complexity index is 227. The van der Waals surface area contributed by atoms with E-state index in [1.54, 1.807) is 0 Å². The number of carbonyl (C=O) groups excluding carboxylic acids is 2. The highest BCUT2D eigenvalue weighted by molar-refractivity contribution is 5.70. The number of rotatable bonds is 4. The second-order valence-electron chi connectivity index (χ2n) is 4.82. The van der Waals surface area contributed by atoms with Gasteiger partial charge in [-0.3, -0.25) is 4.79 Å². The van der Waals surface area contributed by atoms with Crippen LogP contribution in [0.1, 0.15) is 57.8 Å². The highest BCUT2D eigenvalue weighted by Crippen LogP contribution is 2.36. The van der Waals surface area contributed by atoms with E-state index in [1.165, 1.54) is 26.4 Å². The molecule has 0 radical (unpaired) electrons. The first-order valence-electron chi connectivity index (χ1n) is 6.26. The Morgan fingerprint density at radius 3 is 2.25 bits per heavy atom. The molecule has 1 aliphatic carbocycles. The predicted octanol–water partition coefficient (Wildman–Crippen LogP) is 2.87. The molecule has 0 spiro atoms. The third-order valence-electron chi connectivity index (χ3n) is 3.65. The quantitative estimate of drug-likeness (QED) is 0.547. The van der Waals surface area contributed by atoms with Crippen LogP contribution in [0, 0.1) is 5.41 Å². The molecule has 0 aliphatic heterocycles. The molecule has 3 heteroatoms. The molecule has 0 aromatic carbocycles. The van der Waals surface area contributed by atoms with Crippen molar-refractivity contribution >= 4 is 12.3 Å². The Labute approximate surface area is 97.5 Å². The highest BCUT2D eigenvalue weighted by atomic mass is 16.5. The molecule has 0 unspecified atom stereocenters. The number of esters is 1. The van der Waals surface area contributed by atoms with Crippen molar-refractivity contribution in [1.29, 1.82) is 0 Å². The number of hydrogen-bond donors (Lipinski definition) is 0. The van der Waals surface area contributed by atoms with Gasteiger partial charge in [0.05, 0.1) is 7.11 Å². The summed E-state index contributed by atoms with van der Waals surface area (Å²) in [7, 11) is 1.40. The molecular weight excluding hydrogens is 204 g/mol. The molecule has 1 saturated carbocycles. The van der Waals surface area contributed by atoms with E-state index in [4.69, 9.17) is 0 Å². The first-order valence-corrected chi connectivity index (χ1v) is 6.26. The number of methoxy groups -OCH3 is 1. The molecule has 0 saturated heterocycles. The van der Waals surface area contributed by atoms with Gasteiger partial charge in [0.15, 0.2) is 0 Å². The molecule has 0 N–H and O–H groups in total. The second-order valence-corrected chi connectivity index (χ2v) is 4.82. The molecule has 1 fully saturated rings. The van der Waals surface area contributed by atoms with E-state index in [0.717, 1.165) is 32.0 Å². The Morgan fingerprint density at radius 1 is 1.19 bits per heavy atom. The molecule has 0 heterocycles. The third-order valence-corrected chi connectivity index (χ3v) is 3.65. The van der Waals surface area contributed by atoms with E-state index in [9.17, 15) is 9.59 Å². The fraction of sp³-hybridized carbons (Fsp3) is 0.846. The molecule has 0 aromatic rings. The molecule has 3 nitrogen and oxygen atoms in total. The van der Waals surface area contributed by atoms with Crippen molar-refractivity contribution in [2.45, 2.75) is 57.8 Å². The van der Waals surface area contributed by atoms with Gasteiger partial charge in [0.1, 0.15) is 6.29 Å². The van der Waals surface area contributed by atoms with Gasteiger partial charge in [0, 0.05) is 11.8 Å². The van der Waals surface area contributed by atoms with Gasteiger partial charge >= 0.3 is 5.97 Å². The average molecular weight is 226 g/mol. The highest BCUT2D eigenvalue weighted by Gasteiger charge is 2.30. The summed E-state index contributed by atoms with van der Waals surface area (Å²) in [5.74, 6) is -0.205. The van der Waals surface area contributed by atoms with Gasteiger partial charge in [-0.2, -0.15) is 0 Å². The second kappa shape index (κ2) is 6.66. The molecule has 1 aliphatic rings. The van der Waals surface area contributed by atoms with Gasteiger partial charge in [-0.15, -0.1) is 0 Å². The van der Waals surface area contributed by atoms with Crippen LogP contribution in [0.2, 0.25) is 0 Å². The largest absolute Gasteiger partial charge is 0.469 e. The summed E-state index contributed by atoms with van der Waals surface area (Å²) in [6, 6.07) is 0. The maximum absolute atomic E-state index is 11.3. The van der Waals surface area contributed by atoms with Crippen LogP contribution in [0.15, 0.2) is 0 Å². The molecule has 16 heavy (non-hydrogen) atoms. The lowest BCUT2D eigenvalue weighted by Crippen LogP contribution is -2.25. The normalized spacial score (nSPS) is 20.6. The summed E-state index contributed by atoms with van der Waals surface area (Å²) in [5, 5.41) is 0. The first kappa shape index (κ1) is 13.2. The fourth-order valence-electron chi connectivity index (χ4n) is 2.49. The minimum atomic E-state index is -0.255. The lowest BCUT2D eigenvalue weighted by atomic mass is 9.74. The first-order chi connectivity index (χ1) is 7.72. The minimum absolute atomic E-state index is 0.205. The molecule has 0 atom stereocenters. The van der Waals surface area contributed by atoms with Crippen LogP contribution in [0.4, 0.5) is 0 Å². The van der Waals surface area contributed by atoms with Crippen LogP contribution in [0.25, 0.3) is 0 Å². The Balaban J connectivity index is 2.51. The van der Waals surface area contributed by atoms with E-state index in [1.807, 2.05) is 0 Å². The van der Waals surface area contributed by atoms with Crippen LogP contribution in [-0.4, -0.2) is 19.4 Å². The van der Waals surface area contributed by atoms with Crippen LogP contribution in [-0.2, 0) is 14.3 Å². The Kier molecular flexibility index (Phi) is 5.50. The number of ether oxygens (including phenoxy) is 1. The maximum atomic E-state index is 11.3. The number of carbonyl (C=O) groups is 2. The molecule has 1 rings (SSSR count). The van der Waals surface area contributed by atoms with Crippen molar-refractivity contribution in [3.05, 3.63) is 0 Å². The van der Waals surface area contributed by atoms with Gasteiger partial charge < -0.3 is 9.53 Å². The summed E-state index contributed by atoms with van der Waals surface area (Å²) in [5.41, 5.74) is -0.255. The van der Waals surface area contributed by atoms with Gasteiger partial charge in [-0.05, 0) is 19.3 Å². The van der Waals surface area contributed by atoms with Crippen LogP contribution in [0.3, 0.4) is 0 Å². The minimum Gasteiger partial charge on any atom is -0.469 e. The van der Waals surface area contributed by atoms with E-state index in [0.29, 0.717) is 12.8 Å². The monoisotopic (exact) mass is 226 g/mol. The molecule has 0 bridgehead atoms. The van der Waals surface area contributed by atoms with E-state index in [-0.39, 0.29) is 11.4 Å². The fourth-order valence-corrected chi connectivity index (χ4v) is 2.49. The van der Waals surface area contributed by atoms with Gasteiger partial charge in [0.25, 0.3) is 0 Å². The Hall–Kier alpha value is -0.860. The number of hydrogen-bond acceptors (Lipinski definition) is 3. The standard InChI is InChI=1S/C13H22O3/c1-16-12(15)7-10-13(11-14)8-5-3-2-4-6-9-13/h11H,2-10H2,1H3. The lowest BCUT2D eigenvalue weighted by molar-refractivity contribution is -0.141. The molecule has 92 valence electrons. The van der Waals surface area contributed by atoms with Crippen molar-refractivity contribution < 1.29 is 14.3 Å². The van der Waals surface area contributed by atoms with Crippen molar-refractivity contribution in [3.63, 3.8) is 0 Å². The summed E-state index contributed by atoms with van der Waals surface area (Å²) in [6.45, 7) is 0. The van der Waals surface area contributed by atoms with E-state index in [2.05, 4.69) is 4.74 Å². The van der Waals surface area contributed by atoms with Crippen LogP contribution in [0.5, 0.6) is 0 Å². The maximum Gasteiger partial charge on any atom is 0.305 e. The zero-order chi connectivity index (χ0) is 11.9. The van der Waals surface area contributed by atoms with Gasteiger partial charge in [-0.1, -0.05) is 32.1 Å². The molecule has 0 aromatic heterocycles. The average Bonchev–Trinajstić information content (AvgIpc) is 2.28.